The van der Waals surface area contributed by atoms with Gasteiger partial charge in [0.2, 0.25) is 15.9 Å². The lowest BCUT2D eigenvalue weighted by molar-refractivity contribution is -0.120. The van der Waals surface area contributed by atoms with Crippen LogP contribution in [0, 0.1) is 5.92 Å². The van der Waals surface area contributed by atoms with E-state index in [2.05, 4.69) is 5.32 Å². The molecule has 0 saturated carbocycles. The van der Waals surface area contributed by atoms with E-state index < -0.39 is 10.0 Å². The number of benzene rings is 1. The highest BCUT2D eigenvalue weighted by molar-refractivity contribution is 7.89. The number of carbonyl (C=O) groups is 2. The number of aryl methyl sites for hydroxylation is 2. The van der Waals surface area contributed by atoms with Gasteiger partial charge in [-0.2, -0.15) is 0 Å². The fourth-order valence-electron chi connectivity index (χ4n) is 4.92. The second-order valence-electron chi connectivity index (χ2n) is 9.20. The van der Waals surface area contributed by atoms with Gasteiger partial charge in [-0.25, -0.2) is 17.5 Å². The Morgan fingerprint density at radius 1 is 1.11 bits per heavy atom. The van der Waals surface area contributed by atoms with E-state index in [9.17, 15) is 18.0 Å². The zero-order chi connectivity index (χ0) is 24.8. The smallest absolute Gasteiger partial charge is 0.341 e. The van der Waals surface area contributed by atoms with E-state index in [1.807, 2.05) is 30.3 Å². The molecule has 1 saturated heterocycles. The predicted molar refractivity (Wildman–Crippen MR) is 138 cm³/mol. The van der Waals surface area contributed by atoms with Crippen molar-refractivity contribution < 1.29 is 22.7 Å². The summed E-state index contributed by atoms with van der Waals surface area (Å²) in [5.74, 6) is -0.684. The lowest BCUT2D eigenvalue weighted by atomic mass is 9.95. The fraction of sp³-hybridized carbons (Fsp3) is 0.538. The summed E-state index contributed by atoms with van der Waals surface area (Å²) in [6.07, 6.45) is 6.12. The van der Waals surface area contributed by atoms with Gasteiger partial charge in [0.05, 0.1) is 17.9 Å². The van der Waals surface area contributed by atoms with Crippen LogP contribution in [0.5, 0.6) is 0 Å². The molecule has 1 N–H and O–H groups in total. The molecule has 1 aliphatic heterocycles. The molecule has 35 heavy (non-hydrogen) atoms. The molecule has 2 heterocycles. The third kappa shape index (κ3) is 6.32. The van der Waals surface area contributed by atoms with Crippen molar-refractivity contribution in [3.63, 3.8) is 0 Å². The van der Waals surface area contributed by atoms with Crippen molar-refractivity contribution in [3.05, 3.63) is 51.9 Å². The molecule has 1 aromatic heterocycles. The van der Waals surface area contributed by atoms with E-state index in [-0.39, 0.29) is 30.2 Å². The minimum Gasteiger partial charge on any atom is -0.462 e. The first-order chi connectivity index (χ1) is 16.9. The Bertz CT molecular complexity index is 1140. The van der Waals surface area contributed by atoms with Gasteiger partial charge in [0.15, 0.2) is 0 Å². The van der Waals surface area contributed by atoms with Crippen LogP contribution in [0.25, 0.3) is 0 Å². The maximum atomic E-state index is 13.1. The van der Waals surface area contributed by atoms with Crippen molar-refractivity contribution in [1.82, 2.24) is 4.31 Å². The van der Waals surface area contributed by atoms with Crippen LogP contribution in [0.15, 0.2) is 30.3 Å². The second kappa shape index (κ2) is 11.7. The van der Waals surface area contributed by atoms with E-state index in [1.165, 1.54) is 15.6 Å². The number of ether oxygens (including phenoxy) is 1. The molecular formula is C26H34N2O5S2. The molecule has 0 unspecified atom stereocenters. The molecule has 1 aliphatic carbocycles. The number of carbonyl (C=O) groups excluding carboxylic acids is 2. The van der Waals surface area contributed by atoms with Gasteiger partial charge in [-0.3, -0.25) is 4.79 Å². The van der Waals surface area contributed by atoms with Gasteiger partial charge in [-0.1, -0.05) is 30.3 Å². The van der Waals surface area contributed by atoms with Crippen molar-refractivity contribution >= 4 is 38.2 Å². The van der Waals surface area contributed by atoms with Crippen LogP contribution < -0.4 is 5.32 Å². The number of piperidine rings is 1. The van der Waals surface area contributed by atoms with E-state index >= 15 is 0 Å². The Hall–Kier alpha value is -2.23. The first-order valence-electron chi connectivity index (χ1n) is 12.5. The zero-order valence-electron chi connectivity index (χ0n) is 20.3. The number of nitrogens with zero attached hydrogens (tertiary/aromatic N) is 1. The highest BCUT2D eigenvalue weighted by Crippen LogP contribution is 2.39. The molecule has 0 atom stereocenters. The molecule has 0 radical (unpaired) electrons. The molecule has 0 bridgehead atoms. The average molecular weight is 519 g/mol. The Kier molecular flexibility index (Phi) is 8.62. The standard InChI is InChI=1S/C26H34N2O5S2/c1-2-33-26(30)23-21-12-6-7-13-22(21)34-25(23)27-24(29)20-14-16-28(17-15-20)35(31,32)18-8-11-19-9-4-3-5-10-19/h3-5,9-10,20H,2,6-8,11-18H2,1H3,(H,27,29). The van der Waals surface area contributed by atoms with Crippen molar-refractivity contribution in [1.29, 1.82) is 0 Å². The number of hydrogen-bond donors (Lipinski definition) is 1. The summed E-state index contributed by atoms with van der Waals surface area (Å²) in [6, 6.07) is 9.88. The molecule has 190 valence electrons. The summed E-state index contributed by atoms with van der Waals surface area (Å²) in [6.45, 7) is 2.75. The fourth-order valence-corrected chi connectivity index (χ4v) is 7.73. The second-order valence-corrected chi connectivity index (χ2v) is 12.4. The van der Waals surface area contributed by atoms with Crippen LogP contribution in [0.4, 0.5) is 5.00 Å². The van der Waals surface area contributed by atoms with Crippen molar-refractivity contribution in [2.75, 3.05) is 30.8 Å². The molecule has 0 spiro atoms. The van der Waals surface area contributed by atoms with Gasteiger partial charge in [0, 0.05) is 23.9 Å². The average Bonchev–Trinajstić information content (AvgIpc) is 3.22. The van der Waals surface area contributed by atoms with E-state index in [4.69, 9.17) is 4.74 Å². The molecule has 4 rings (SSSR count). The number of amides is 1. The van der Waals surface area contributed by atoms with Crippen LogP contribution in [0.1, 0.15) is 65.4 Å². The number of rotatable bonds is 9. The van der Waals surface area contributed by atoms with Crippen LogP contribution >= 0.6 is 11.3 Å². The summed E-state index contributed by atoms with van der Waals surface area (Å²) in [5, 5.41) is 3.57. The van der Waals surface area contributed by atoms with Crippen molar-refractivity contribution in [2.45, 2.75) is 58.3 Å². The number of esters is 1. The molecule has 1 fully saturated rings. The summed E-state index contributed by atoms with van der Waals surface area (Å²) in [5.41, 5.74) is 2.67. The van der Waals surface area contributed by atoms with E-state index in [1.54, 1.807) is 6.92 Å². The number of fused-ring (bicyclic) bond motifs is 1. The predicted octanol–water partition coefficient (Wildman–Crippen LogP) is 4.42. The summed E-state index contributed by atoms with van der Waals surface area (Å²) >= 11 is 1.48. The van der Waals surface area contributed by atoms with Gasteiger partial charge in [-0.05, 0) is 69.4 Å². The Labute approximate surface area is 211 Å². The normalized spacial score (nSPS) is 17.1. The number of nitrogens with one attached hydrogen (secondary N) is 1. The van der Waals surface area contributed by atoms with Crippen LogP contribution in [0.3, 0.4) is 0 Å². The molecule has 2 aromatic rings. The Morgan fingerprint density at radius 2 is 1.83 bits per heavy atom. The van der Waals surface area contributed by atoms with Gasteiger partial charge in [0.25, 0.3) is 0 Å². The summed E-state index contributed by atoms with van der Waals surface area (Å²) in [7, 11) is -3.35. The number of sulfonamides is 1. The molecule has 7 nitrogen and oxygen atoms in total. The SMILES string of the molecule is CCOC(=O)c1c(NC(=O)C2CCN(S(=O)(=O)CCCc3ccccc3)CC2)sc2c1CCCC2. The lowest BCUT2D eigenvalue weighted by Gasteiger charge is -2.30. The minimum absolute atomic E-state index is 0.113. The Morgan fingerprint density at radius 3 is 2.54 bits per heavy atom. The van der Waals surface area contributed by atoms with Crippen molar-refractivity contribution in [3.8, 4) is 0 Å². The highest BCUT2D eigenvalue weighted by Gasteiger charge is 2.33. The van der Waals surface area contributed by atoms with Crippen LogP contribution in [0.2, 0.25) is 0 Å². The lowest BCUT2D eigenvalue weighted by Crippen LogP contribution is -2.42. The molecule has 2 aliphatic rings. The molecule has 9 heteroatoms. The summed E-state index contributed by atoms with van der Waals surface area (Å²) < 4.78 is 32.4. The van der Waals surface area contributed by atoms with E-state index in [0.29, 0.717) is 42.9 Å². The quantitative estimate of drug-likeness (QED) is 0.496. The first-order valence-corrected chi connectivity index (χ1v) is 15.0. The van der Waals surface area contributed by atoms with Gasteiger partial charge in [0.1, 0.15) is 5.00 Å². The molecule has 1 amide bonds. The first kappa shape index (κ1) is 25.9. The monoisotopic (exact) mass is 518 g/mol. The molecule has 1 aromatic carbocycles. The van der Waals surface area contributed by atoms with E-state index in [0.717, 1.165) is 48.1 Å². The third-order valence-electron chi connectivity index (χ3n) is 6.82. The molecular weight excluding hydrogens is 484 g/mol. The minimum atomic E-state index is -3.35. The van der Waals surface area contributed by atoms with Gasteiger partial charge in [-0.15, -0.1) is 11.3 Å². The maximum absolute atomic E-state index is 13.1. The van der Waals surface area contributed by atoms with Crippen molar-refractivity contribution in [2.24, 2.45) is 5.92 Å². The number of hydrogen-bond acceptors (Lipinski definition) is 6. The van der Waals surface area contributed by atoms with Crippen LogP contribution in [-0.4, -0.2) is 50.0 Å². The van der Waals surface area contributed by atoms with Crippen LogP contribution in [-0.2, 0) is 38.8 Å². The largest absolute Gasteiger partial charge is 0.462 e. The highest BCUT2D eigenvalue weighted by atomic mass is 32.2. The number of thiophene rings is 1. The van der Waals surface area contributed by atoms with Gasteiger partial charge >= 0.3 is 5.97 Å². The maximum Gasteiger partial charge on any atom is 0.341 e. The summed E-state index contributed by atoms with van der Waals surface area (Å²) in [4.78, 5) is 26.9. The third-order valence-corrected chi connectivity index (χ3v) is 9.98. The van der Waals surface area contributed by atoms with Gasteiger partial charge < -0.3 is 10.1 Å². The zero-order valence-corrected chi connectivity index (χ0v) is 21.9. The topological polar surface area (TPSA) is 92.8 Å². The number of anilines is 1. The Balaban J connectivity index is 1.33.